The number of allylic oxidation sites excluding steroid dienone is 3. The van der Waals surface area contributed by atoms with Crippen LogP contribution in [0.5, 0.6) is 0 Å². The molecule has 3 aliphatic heterocycles. The molecular weight excluding hydrogens is 396 g/mol. The monoisotopic (exact) mass is 420 g/mol. The lowest BCUT2D eigenvalue weighted by molar-refractivity contribution is -0.127. The largest absolute Gasteiger partial charge is 0.365 e. The van der Waals surface area contributed by atoms with E-state index in [4.69, 9.17) is 11.6 Å². The Morgan fingerprint density at radius 2 is 2.17 bits per heavy atom. The topological polar surface area (TPSA) is 51.4 Å². The van der Waals surface area contributed by atoms with E-state index in [1.54, 1.807) is 4.90 Å². The van der Waals surface area contributed by atoms with Crippen molar-refractivity contribution in [3.63, 3.8) is 0 Å². The van der Waals surface area contributed by atoms with E-state index in [9.17, 15) is 4.79 Å². The molecule has 0 bridgehead atoms. The predicted octanol–water partition coefficient (Wildman–Crippen LogP) is 4.42. The van der Waals surface area contributed by atoms with Gasteiger partial charge >= 0.3 is 0 Å². The van der Waals surface area contributed by atoms with Gasteiger partial charge in [-0.05, 0) is 49.6 Å². The molecule has 1 aromatic carbocycles. The number of aromatic nitrogens is 1. The van der Waals surface area contributed by atoms with Crippen LogP contribution in [-0.4, -0.2) is 46.5 Å². The summed E-state index contributed by atoms with van der Waals surface area (Å²) < 4.78 is 0. The van der Waals surface area contributed by atoms with Crippen LogP contribution in [0.2, 0.25) is 5.02 Å². The zero-order valence-corrected chi connectivity index (χ0v) is 17.7. The van der Waals surface area contributed by atoms with E-state index >= 15 is 0 Å². The van der Waals surface area contributed by atoms with Gasteiger partial charge in [-0.2, -0.15) is 0 Å². The summed E-state index contributed by atoms with van der Waals surface area (Å²) in [7, 11) is 0. The van der Waals surface area contributed by atoms with Crippen molar-refractivity contribution in [1.29, 1.82) is 0 Å². The molecular formula is C24H25ClN4O. The van der Waals surface area contributed by atoms with Crippen LogP contribution >= 0.6 is 11.6 Å². The number of rotatable bonds is 4. The molecule has 1 aromatic heterocycles. The number of halogens is 1. The summed E-state index contributed by atoms with van der Waals surface area (Å²) in [4.78, 5) is 20.4. The van der Waals surface area contributed by atoms with Crippen LogP contribution in [0.15, 0.2) is 66.2 Å². The van der Waals surface area contributed by atoms with Crippen LogP contribution in [0, 0.1) is 0 Å². The molecule has 4 heterocycles. The number of amides is 1. The Bertz CT molecular complexity index is 1120. The highest BCUT2D eigenvalue weighted by atomic mass is 35.5. The number of fused-ring (bicyclic) bond motifs is 2. The van der Waals surface area contributed by atoms with E-state index in [0.29, 0.717) is 0 Å². The minimum atomic E-state index is -0.0576. The Labute approximate surface area is 181 Å². The number of nitrogens with zero attached hydrogens (tertiary/aromatic N) is 2. The second-order valence-electron chi connectivity index (χ2n) is 8.05. The van der Waals surface area contributed by atoms with Crippen molar-refractivity contribution in [1.82, 2.24) is 20.1 Å². The van der Waals surface area contributed by atoms with Crippen molar-refractivity contribution in [2.24, 2.45) is 0 Å². The van der Waals surface area contributed by atoms with Gasteiger partial charge in [-0.3, -0.25) is 14.6 Å². The maximum absolute atomic E-state index is 12.9. The molecule has 154 valence electrons. The Kier molecular flexibility index (Phi) is 5.01. The van der Waals surface area contributed by atoms with Gasteiger partial charge in [-0.15, -0.1) is 0 Å². The van der Waals surface area contributed by atoms with Crippen molar-refractivity contribution in [3.8, 4) is 0 Å². The first-order chi connectivity index (χ1) is 14.6. The second kappa shape index (κ2) is 7.82. The number of benzene rings is 1. The molecule has 0 aliphatic carbocycles. The van der Waals surface area contributed by atoms with Crippen molar-refractivity contribution >= 4 is 34.0 Å². The lowest BCUT2D eigenvalue weighted by atomic mass is 9.98. The molecule has 1 unspecified atom stereocenters. The lowest BCUT2D eigenvalue weighted by Gasteiger charge is -2.36. The molecule has 0 radical (unpaired) electrons. The maximum Gasteiger partial charge on any atom is 0.257 e. The summed E-state index contributed by atoms with van der Waals surface area (Å²) in [5.41, 5.74) is 5.59. The van der Waals surface area contributed by atoms with Crippen LogP contribution in [0.1, 0.15) is 25.3 Å². The molecule has 0 saturated carbocycles. The number of aromatic amines is 1. The summed E-state index contributed by atoms with van der Waals surface area (Å²) in [5, 5.41) is 5.40. The van der Waals surface area contributed by atoms with Crippen LogP contribution in [0.3, 0.4) is 0 Å². The highest BCUT2D eigenvalue weighted by molar-refractivity contribution is 6.31. The number of hydrogen-bond donors (Lipinski definition) is 2. The van der Waals surface area contributed by atoms with Crippen LogP contribution in [-0.2, 0) is 4.79 Å². The average molecular weight is 421 g/mol. The standard InChI is InChI=1S/C24H25ClN4O/c1-16-19(24(30)29-10-3-2-4-23(29)27-16)9-13-28-11-7-17(8-12-28)21-15-26-22-14-18(25)5-6-20(21)22/h2-7,10,14-15,23,26-27H,8-9,11-13H2,1H3. The third kappa shape index (κ3) is 3.48. The van der Waals surface area contributed by atoms with Crippen molar-refractivity contribution in [2.75, 3.05) is 19.6 Å². The normalized spacial score (nSPS) is 21.8. The molecule has 0 spiro atoms. The van der Waals surface area contributed by atoms with Gasteiger partial charge in [-0.25, -0.2) is 0 Å². The van der Waals surface area contributed by atoms with Crippen LogP contribution in [0.25, 0.3) is 16.5 Å². The van der Waals surface area contributed by atoms with Gasteiger partial charge in [0, 0.05) is 64.8 Å². The van der Waals surface area contributed by atoms with E-state index in [1.807, 2.05) is 43.5 Å². The van der Waals surface area contributed by atoms with Crippen molar-refractivity contribution < 1.29 is 4.79 Å². The molecule has 0 saturated heterocycles. The molecule has 0 fully saturated rings. The molecule has 3 aliphatic rings. The first kappa shape index (κ1) is 19.2. The lowest BCUT2D eigenvalue weighted by Crippen LogP contribution is -2.50. The third-order valence-corrected chi connectivity index (χ3v) is 6.46. The molecule has 6 heteroatoms. The van der Waals surface area contributed by atoms with E-state index in [1.165, 1.54) is 16.5 Å². The number of hydrogen-bond acceptors (Lipinski definition) is 3. The minimum Gasteiger partial charge on any atom is -0.365 e. The Morgan fingerprint density at radius 1 is 1.27 bits per heavy atom. The third-order valence-electron chi connectivity index (χ3n) is 6.22. The summed E-state index contributed by atoms with van der Waals surface area (Å²) in [6.07, 6.45) is 13.8. The highest BCUT2D eigenvalue weighted by Gasteiger charge is 2.30. The summed E-state index contributed by atoms with van der Waals surface area (Å²) in [6.45, 7) is 4.78. The molecule has 1 amide bonds. The Hall–Kier alpha value is -2.76. The fourth-order valence-electron chi connectivity index (χ4n) is 4.52. The highest BCUT2D eigenvalue weighted by Crippen LogP contribution is 2.31. The Balaban J connectivity index is 1.25. The predicted molar refractivity (Wildman–Crippen MR) is 122 cm³/mol. The van der Waals surface area contributed by atoms with Crippen molar-refractivity contribution in [3.05, 3.63) is 76.8 Å². The summed E-state index contributed by atoms with van der Waals surface area (Å²) in [6, 6.07) is 6.00. The van der Waals surface area contributed by atoms with E-state index < -0.39 is 0 Å². The zero-order valence-electron chi connectivity index (χ0n) is 17.0. The van der Waals surface area contributed by atoms with Gasteiger partial charge in [0.2, 0.25) is 0 Å². The SMILES string of the molecule is CC1=C(CCN2CC=C(c3c[nH]c4cc(Cl)ccc34)CC2)C(=O)N2C=CC=CC2N1. The van der Waals surface area contributed by atoms with Gasteiger partial charge in [0.05, 0.1) is 0 Å². The van der Waals surface area contributed by atoms with Gasteiger partial charge in [0.15, 0.2) is 0 Å². The van der Waals surface area contributed by atoms with Crippen LogP contribution < -0.4 is 5.32 Å². The number of carbonyl (C=O) groups excluding carboxylic acids is 1. The fraction of sp³-hybridized carbons (Fsp3) is 0.292. The first-order valence-corrected chi connectivity index (χ1v) is 10.8. The van der Waals surface area contributed by atoms with E-state index in [0.717, 1.165) is 54.3 Å². The van der Waals surface area contributed by atoms with E-state index in [2.05, 4.69) is 33.5 Å². The summed E-state index contributed by atoms with van der Waals surface area (Å²) in [5.74, 6) is 0.113. The smallest absolute Gasteiger partial charge is 0.257 e. The zero-order chi connectivity index (χ0) is 20.7. The Morgan fingerprint density at radius 3 is 3.00 bits per heavy atom. The second-order valence-corrected chi connectivity index (χ2v) is 8.49. The van der Waals surface area contributed by atoms with E-state index in [-0.39, 0.29) is 12.1 Å². The quantitative estimate of drug-likeness (QED) is 0.770. The molecule has 30 heavy (non-hydrogen) atoms. The van der Waals surface area contributed by atoms with Crippen LogP contribution in [0.4, 0.5) is 0 Å². The maximum atomic E-state index is 12.9. The summed E-state index contributed by atoms with van der Waals surface area (Å²) >= 11 is 6.11. The first-order valence-electron chi connectivity index (χ1n) is 10.4. The fourth-order valence-corrected chi connectivity index (χ4v) is 4.69. The minimum absolute atomic E-state index is 0.0576. The van der Waals surface area contributed by atoms with Gasteiger partial charge in [0.1, 0.15) is 6.17 Å². The van der Waals surface area contributed by atoms with Gasteiger partial charge < -0.3 is 10.3 Å². The number of nitrogens with one attached hydrogen (secondary N) is 2. The molecule has 5 nitrogen and oxygen atoms in total. The van der Waals surface area contributed by atoms with Gasteiger partial charge in [0.25, 0.3) is 5.91 Å². The van der Waals surface area contributed by atoms with Crippen molar-refractivity contribution in [2.45, 2.75) is 25.9 Å². The molecule has 5 rings (SSSR count). The van der Waals surface area contributed by atoms with Gasteiger partial charge in [-0.1, -0.05) is 29.8 Å². The number of H-pyrrole nitrogens is 1. The number of carbonyl (C=O) groups is 1. The molecule has 2 N–H and O–H groups in total. The molecule has 1 atom stereocenters. The average Bonchev–Trinajstić information content (AvgIpc) is 3.17. The molecule has 2 aromatic rings.